The molecule has 1 heterocycles. The van der Waals surface area contributed by atoms with Gasteiger partial charge >= 0.3 is 6.61 Å². The summed E-state index contributed by atoms with van der Waals surface area (Å²) in [6.45, 7) is 0.154. The predicted molar refractivity (Wildman–Crippen MR) is 114 cm³/mol. The molecule has 1 aromatic heterocycles. The van der Waals surface area contributed by atoms with Gasteiger partial charge in [0.2, 0.25) is 5.89 Å². The first-order valence-corrected chi connectivity index (χ1v) is 10.2. The number of hydrogen-bond acceptors (Lipinski definition) is 7. The van der Waals surface area contributed by atoms with E-state index >= 15 is 0 Å². The minimum absolute atomic E-state index is 0.0999. The molecule has 33 heavy (non-hydrogen) atoms. The van der Waals surface area contributed by atoms with Crippen LogP contribution in [0.2, 0.25) is 0 Å². The molecule has 0 radical (unpaired) electrons. The number of amides is 1. The third kappa shape index (κ3) is 6.99. The highest BCUT2D eigenvalue weighted by Crippen LogP contribution is 2.34. The van der Waals surface area contributed by atoms with Gasteiger partial charge in [0.1, 0.15) is 12.4 Å². The molecule has 1 atom stereocenters. The highest BCUT2D eigenvalue weighted by atomic mass is 19.3. The normalized spacial score (nSPS) is 12.1. The maximum Gasteiger partial charge on any atom is 0.387 e. The van der Waals surface area contributed by atoms with Crippen molar-refractivity contribution in [3.63, 3.8) is 0 Å². The lowest BCUT2D eigenvalue weighted by atomic mass is 10.2. The van der Waals surface area contributed by atoms with Crippen molar-refractivity contribution >= 4 is 5.91 Å². The molecule has 0 saturated carbocycles. The van der Waals surface area contributed by atoms with E-state index in [1.54, 1.807) is 44.2 Å². The van der Waals surface area contributed by atoms with Crippen molar-refractivity contribution in [3.8, 4) is 23.0 Å². The van der Waals surface area contributed by atoms with Crippen LogP contribution in [0.4, 0.5) is 8.78 Å². The Morgan fingerprint density at radius 1 is 1.12 bits per heavy atom. The third-order valence-electron chi connectivity index (χ3n) is 4.32. The van der Waals surface area contributed by atoms with Crippen LogP contribution >= 0.6 is 0 Å². The van der Waals surface area contributed by atoms with Crippen molar-refractivity contribution in [2.24, 2.45) is 0 Å². The van der Waals surface area contributed by atoms with Gasteiger partial charge in [-0.2, -0.15) is 8.78 Å². The van der Waals surface area contributed by atoms with E-state index in [4.69, 9.17) is 14.0 Å². The highest BCUT2D eigenvalue weighted by molar-refractivity contribution is 5.93. The van der Waals surface area contributed by atoms with E-state index < -0.39 is 18.6 Å². The van der Waals surface area contributed by atoms with Crippen molar-refractivity contribution in [1.82, 2.24) is 10.5 Å². The molecular weight excluding hydrogens is 438 g/mol. The average molecular weight is 462 g/mol. The topological polar surface area (TPSA) is 103 Å². The second-order valence-corrected chi connectivity index (χ2v) is 7.27. The van der Waals surface area contributed by atoms with Gasteiger partial charge in [-0.25, -0.2) is 10.5 Å². The molecule has 0 saturated heterocycles. The number of aromatic nitrogens is 1. The number of ether oxygens (including phenoxy) is 2. The van der Waals surface area contributed by atoms with Gasteiger partial charge in [-0.1, -0.05) is 18.2 Å². The molecule has 176 valence electrons. The van der Waals surface area contributed by atoms with Gasteiger partial charge in [-0.05, 0) is 44.2 Å². The highest BCUT2D eigenvalue weighted by Gasteiger charge is 2.18. The zero-order valence-electron chi connectivity index (χ0n) is 18.0. The minimum Gasteiger partial charge on any atom is -0.487 e. The van der Waals surface area contributed by atoms with Crippen LogP contribution in [0.5, 0.6) is 11.5 Å². The second-order valence-electron chi connectivity index (χ2n) is 7.27. The first-order valence-electron chi connectivity index (χ1n) is 10.2. The Hall–Kier alpha value is -3.50. The summed E-state index contributed by atoms with van der Waals surface area (Å²) in [5, 5.41) is 9.59. The maximum absolute atomic E-state index is 12.7. The molecule has 1 unspecified atom stereocenters. The number of rotatable bonds is 11. The summed E-state index contributed by atoms with van der Waals surface area (Å²) in [4.78, 5) is 21.7. The molecule has 8 nitrogen and oxygen atoms in total. The summed E-state index contributed by atoms with van der Waals surface area (Å²) in [5.41, 5.74) is 3.66. The number of alkyl halides is 2. The number of aliphatic hydroxyl groups excluding tert-OH is 1. The molecule has 2 aromatic carbocycles. The summed E-state index contributed by atoms with van der Waals surface area (Å²) < 4.78 is 40.9. The van der Waals surface area contributed by atoms with E-state index in [1.165, 1.54) is 24.5 Å². The number of nitrogens with zero attached hydrogens (tertiary/aromatic N) is 1. The molecule has 10 heteroatoms. The Labute approximate surface area is 189 Å². The van der Waals surface area contributed by atoms with Crippen LogP contribution in [-0.4, -0.2) is 41.4 Å². The summed E-state index contributed by atoms with van der Waals surface area (Å²) in [6.07, 6.45) is 0.496. The summed E-state index contributed by atoms with van der Waals surface area (Å²) >= 11 is 0. The standard InChI is InChI=1S/C23H24F2N2O6/c1-14(2)31-20-10-16(8-9-19(20)32-23(24)25)22-26-17(13-30-22)11-18(12-28)33-27-21(29)15-6-4-3-5-7-15/h3-10,13-14,18,23,28H,11-12H2,1-2H3,(H,27,29). The van der Waals surface area contributed by atoms with E-state index in [-0.39, 0.29) is 36.5 Å². The Balaban J connectivity index is 1.67. The van der Waals surface area contributed by atoms with Crippen LogP contribution in [0.1, 0.15) is 29.9 Å². The van der Waals surface area contributed by atoms with Gasteiger partial charge in [0.15, 0.2) is 11.5 Å². The van der Waals surface area contributed by atoms with Crippen LogP contribution in [0.15, 0.2) is 59.2 Å². The van der Waals surface area contributed by atoms with Gasteiger partial charge in [0, 0.05) is 17.5 Å². The van der Waals surface area contributed by atoms with Crippen LogP contribution < -0.4 is 15.0 Å². The van der Waals surface area contributed by atoms with E-state index in [0.717, 1.165) is 0 Å². The van der Waals surface area contributed by atoms with Crippen molar-refractivity contribution in [2.75, 3.05) is 6.61 Å². The maximum atomic E-state index is 12.7. The lowest BCUT2D eigenvalue weighted by Crippen LogP contribution is -2.33. The molecule has 0 fully saturated rings. The number of hydrogen-bond donors (Lipinski definition) is 2. The molecule has 0 aliphatic carbocycles. The quantitative estimate of drug-likeness (QED) is 0.415. The van der Waals surface area contributed by atoms with E-state index in [2.05, 4.69) is 15.2 Å². The molecular formula is C23H24F2N2O6. The summed E-state index contributed by atoms with van der Waals surface area (Å²) in [6, 6.07) is 12.8. The van der Waals surface area contributed by atoms with Crippen LogP contribution in [-0.2, 0) is 11.3 Å². The number of aliphatic hydroxyl groups is 1. The molecule has 3 rings (SSSR count). The van der Waals surface area contributed by atoms with Crippen LogP contribution in [0.3, 0.4) is 0 Å². The number of benzene rings is 2. The summed E-state index contributed by atoms with van der Waals surface area (Å²) in [7, 11) is 0. The van der Waals surface area contributed by atoms with Crippen molar-refractivity contribution in [3.05, 3.63) is 66.1 Å². The van der Waals surface area contributed by atoms with Crippen LogP contribution in [0, 0.1) is 0 Å². The van der Waals surface area contributed by atoms with E-state index in [9.17, 15) is 18.7 Å². The monoisotopic (exact) mass is 462 g/mol. The average Bonchev–Trinajstić information content (AvgIpc) is 3.26. The fraction of sp³-hybridized carbons (Fsp3) is 0.304. The number of hydroxylamine groups is 1. The SMILES string of the molecule is CC(C)Oc1cc(-c2nc(CC(CO)ONC(=O)c3ccccc3)co2)ccc1OC(F)F. The lowest BCUT2D eigenvalue weighted by Gasteiger charge is -2.15. The largest absolute Gasteiger partial charge is 0.487 e. The Morgan fingerprint density at radius 3 is 2.55 bits per heavy atom. The van der Waals surface area contributed by atoms with Gasteiger partial charge < -0.3 is 19.0 Å². The molecule has 0 spiro atoms. The molecule has 3 aromatic rings. The summed E-state index contributed by atoms with van der Waals surface area (Å²) in [5.74, 6) is -0.203. The molecule has 0 aliphatic heterocycles. The van der Waals surface area contributed by atoms with Crippen LogP contribution in [0.25, 0.3) is 11.5 Å². The minimum atomic E-state index is -2.99. The fourth-order valence-electron chi connectivity index (χ4n) is 2.88. The van der Waals surface area contributed by atoms with Gasteiger partial charge in [0.25, 0.3) is 5.91 Å². The molecule has 0 bridgehead atoms. The molecule has 1 amide bonds. The zero-order chi connectivity index (χ0) is 23.8. The lowest BCUT2D eigenvalue weighted by molar-refractivity contribution is -0.0518. The zero-order valence-corrected chi connectivity index (χ0v) is 18.0. The van der Waals surface area contributed by atoms with Crippen molar-refractivity contribution in [2.45, 2.75) is 39.1 Å². The van der Waals surface area contributed by atoms with Crippen molar-refractivity contribution in [1.29, 1.82) is 0 Å². The van der Waals surface area contributed by atoms with Crippen molar-refractivity contribution < 1.29 is 37.4 Å². The van der Waals surface area contributed by atoms with Gasteiger partial charge in [-0.3, -0.25) is 9.63 Å². The molecule has 0 aliphatic rings. The van der Waals surface area contributed by atoms with Gasteiger partial charge in [-0.15, -0.1) is 0 Å². The Kier molecular flexibility index (Phi) is 8.34. The first kappa shape index (κ1) is 24.1. The smallest absolute Gasteiger partial charge is 0.387 e. The Morgan fingerprint density at radius 2 is 1.88 bits per heavy atom. The number of carbonyl (C=O) groups excluding carboxylic acids is 1. The van der Waals surface area contributed by atoms with E-state index in [0.29, 0.717) is 16.8 Å². The number of carbonyl (C=O) groups is 1. The first-order chi connectivity index (χ1) is 15.9. The second kappa shape index (κ2) is 11.4. The van der Waals surface area contributed by atoms with E-state index in [1.807, 2.05) is 0 Å². The third-order valence-corrected chi connectivity index (χ3v) is 4.32. The number of oxazole rings is 1. The fourth-order valence-corrected chi connectivity index (χ4v) is 2.88. The predicted octanol–water partition coefficient (Wildman–Crippen LogP) is 4.00. The number of nitrogens with one attached hydrogen (secondary N) is 1. The number of halogens is 2. The van der Waals surface area contributed by atoms with Gasteiger partial charge in [0.05, 0.1) is 18.4 Å². The molecule has 2 N–H and O–H groups in total. The Bertz CT molecular complexity index is 1040.